The Labute approximate surface area is 191 Å². The van der Waals surface area contributed by atoms with Crippen LogP contribution in [-0.2, 0) is 6.61 Å². The normalized spacial score (nSPS) is 18.2. The number of hydrogen-bond donors (Lipinski definition) is 2. The van der Waals surface area contributed by atoms with Crippen molar-refractivity contribution in [3.05, 3.63) is 87.8 Å². The SMILES string of the molecule is CSc1nc(C(=O)NC2CCC(c3ccccc3)CC2)c(OCc2ccccc2)c(=O)[nH]1. The number of hydrogen-bond acceptors (Lipinski definition) is 5. The predicted octanol–water partition coefficient (Wildman–Crippen LogP) is 4.53. The maximum Gasteiger partial charge on any atom is 0.294 e. The molecule has 7 heteroatoms. The molecule has 0 spiro atoms. The average Bonchev–Trinajstić information content (AvgIpc) is 2.84. The zero-order valence-corrected chi connectivity index (χ0v) is 18.9. The van der Waals surface area contributed by atoms with Crippen LogP contribution in [0.3, 0.4) is 0 Å². The van der Waals surface area contributed by atoms with Gasteiger partial charge in [0.05, 0.1) is 0 Å². The molecule has 4 rings (SSSR count). The van der Waals surface area contributed by atoms with Gasteiger partial charge in [0.2, 0.25) is 5.75 Å². The van der Waals surface area contributed by atoms with Gasteiger partial charge in [-0.3, -0.25) is 14.6 Å². The maximum atomic E-state index is 13.1. The Bertz CT molecular complexity index is 1090. The van der Waals surface area contributed by atoms with Crippen LogP contribution in [-0.4, -0.2) is 28.2 Å². The minimum atomic E-state index is -0.446. The first kappa shape index (κ1) is 22.1. The highest BCUT2D eigenvalue weighted by atomic mass is 32.2. The van der Waals surface area contributed by atoms with Crippen molar-refractivity contribution in [3.63, 3.8) is 0 Å². The Morgan fingerprint density at radius 3 is 2.38 bits per heavy atom. The number of thioether (sulfide) groups is 1. The Hall–Kier alpha value is -3.06. The van der Waals surface area contributed by atoms with Crippen molar-refractivity contribution in [2.45, 2.75) is 49.4 Å². The highest BCUT2D eigenvalue weighted by Crippen LogP contribution is 2.33. The van der Waals surface area contributed by atoms with Crippen molar-refractivity contribution in [2.24, 2.45) is 0 Å². The number of amides is 1. The molecule has 2 N–H and O–H groups in total. The fourth-order valence-electron chi connectivity index (χ4n) is 4.11. The van der Waals surface area contributed by atoms with Crippen molar-refractivity contribution in [2.75, 3.05) is 6.26 Å². The van der Waals surface area contributed by atoms with E-state index >= 15 is 0 Å². The molecule has 1 aliphatic carbocycles. The lowest BCUT2D eigenvalue weighted by molar-refractivity contribution is 0.0914. The molecule has 0 saturated heterocycles. The molecular formula is C25H27N3O3S. The Morgan fingerprint density at radius 2 is 1.72 bits per heavy atom. The van der Waals surface area contributed by atoms with Crippen LogP contribution in [0.4, 0.5) is 0 Å². The van der Waals surface area contributed by atoms with E-state index < -0.39 is 5.56 Å². The zero-order valence-electron chi connectivity index (χ0n) is 18.0. The van der Waals surface area contributed by atoms with Crippen molar-refractivity contribution in [3.8, 4) is 5.75 Å². The molecule has 0 atom stereocenters. The Kier molecular flexibility index (Phi) is 7.27. The van der Waals surface area contributed by atoms with E-state index in [0.717, 1.165) is 31.2 Å². The van der Waals surface area contributed by atoms with E-state index in [0.29, 0.717) is 11.1 Å². The number of nitrogens with zero attached hydrogens (tertiary/aromatic N) is 1. The number of aromatic nitrogens is 2. The molecule has 1 aromatic heterocycles. The first-order chi connectivity index (χ1) is 15.6. The smallest absolute Gasteiger partial charge is 0.294 e. The molecule has 1 saturated carbocycles. The van der Waals surface area contributed by atoms with Gasteiger partial charge in [-0.1, -0.05) is 72.4 Å². The topological polar surface area (TPSA) is 84.1 Å². The summed E-state index contributed by atoms with van der Waals surface area (Å²) in [5, 5.41) is 3.47. The van der Waals surface area contributed by atoms with E-state index in [4.69, 9.17) is 4.74 Å². The first-order valence-electron chi connectivity index (χ1n) is 10.8. The molecule has 0 unspecified atom stereocenters. The Morgan fingerprint density at radius 1 is 1.06 bits per heavy atom. The van der Waals surface area contributed by atoms with E-state index in [1.807, 2.05) is 36.4 Å². The van der Waals surface area contributed by atoms with Gasteiger partial charge in [-0.2, -0.15) is 0 Å². The molecule has 1 amide bonds. The number of H-pyrrole nitrogens is 1. The molecule has 6 nitrogen and oxygen atoms in total. The number of carbonyl (C=O) groups excluding carboxylic acids is 1. The van der Waals surface area contributed by atoms with Crippen molar-refractivity contribution in [1.82, 2.24) is 15.3 Å². The molecular weight excluding hydrogens is 422 g/mol. The summed E-state index contributed by atoms with van der Waals surface area (Å²) in [6.45, 7) is 0.187. The molecule has 166 valence electrons. The number of ether oxygens (including phenoxy) is 1. The van der Waals surface area contributed by atoms with Gasteiger partial charge >= 0.3 is 0 Å². The monoisotopic (exact) mass is 449 g/mol. The summed E-state index contributed by atoms with van der Waals surface area (Å²) in [5.74, 6) is 0.120. The van der Waals surface area contributed by atoms with Crippen LogP contribution in [0.1, 0.15) is 53.2 Å². The van der Waals surface area contributed by atoms with E-state index in [2.05, 4.69) is 39.6 Å². The van der Waals surface area contributed by atoms with Gasteiger partial charge in [0.1, 0.15) is 6.61 Å². The summed E-state index contributed by atoms with van der Waals surface area (Å²) >= 11 is 1.28. The zero-order chi connectivity index (χ0) is 22.3. The fraction of sp³-hybridized carbons (Fsp3) is 0.320. The predicted molar refractivity (Wildman–Crippen MR) is 126 cm³/mol. The number of benzene rings is 2. The summed E-state index contributed by atoms with van der Waals surface area (Å²) in [4.78, 5) is 32.8. The molecule has 2 aromatic carbocycles. The molecule has 1 aliphatic rings. The largest absolute Gasteiger partial charge is 0.481 e. The Balaban J connectivity index is 1.45. The maximum absolute atomic E-state index is 13.1. The van der Waals surface area contributed by atoms with E-state index in [-0.39, 0.29) is 30.0 Å². The van der Waals surface area contributed by atoms with Gasteiger partial charge in [0, 0.05) is 6.04 Å². The van der Waals surface area contributed by atoms with Crippen LogP contribution in [0.25, 0.3) is 0 Å². The van der Waals surface area contributed by atoms with Crippen molar-refractivity contribution < 1.29 is 9.53 Å². The van der Waals surface area contributed by atoms with Crippen LogP contribution in [0.2, 0.25) is 0 Å². The molecule has 1 heterocycles. The van der Waals surface area contributed by atoms with Gasteiger partial charge in [-0.15, -0.1) is 0 Å². The van der Waals surface area contributed by atoms with Gasteiger partial charge in [-0.05, 0) is 49.0 Å². The second-order valence-corrected chi connectivity index (χ2v) is 8.75. The number of aromatic amines is 1. The van der Waals surface area contributed by atoms with Gasteiger partial charge in [0.15, 0.2) is 10.9 Å². The molecule has 0 bridgehead atoms. The lowest BCUT2D eigenvalue weighted by Gasteiger charge is -2.29. The number of nitrogens with one attached hydrogen (secondary N) is 2. The summed E-state index contributed by atoms with van der Waals surface area (Å²) in [6, 6.07) is 20.1. The summed E-state index contributed by atoms with van der Waals surface area (Å²) < 4.78 is 5.76. The minimum Gasteiger partial charge on any atom is -0.481 e. The van der Waals surface area contributed by atoms with Crippen molar-refractivity contribution >= 4 is 17.7 Å². The standard InChI is InChI=1S/C25H27N3O3S/c1-32-25-27-21(22(24(30)28-25)31-16-17-8-4-2-5-9-17)23(29)26-20-14-12-19(13-15-20)18-10-6-3-7-11-18/h2-11,19-20H,12-16H2,1H3,(H,26,29)(H,27,28,30). The van der Waals surface area contributed by atoms with Crippen LogP contribution >= 0.6 is 11.8 Å². The molecule has 32 heavy (non-hydrogen) atoms. The van der Waals surface area contributed by atoms with Crippen LogP contribution in [0.5, 0.6) is 5.75 Å². The summed E-state index contributed by atoms with van der Waals surface area (Å²) in [7, 11) is 0. The third kappa shape index (κ3) is 5.40. The lowest BCUT2D eigenvalue weighted by atomic mass is 9.82. The average molecular weight is 450 g/mol. The van der Waals surface area contributed by atoms with E-state index in [1.165, 1.54) is 17.3 Å². The fourth-order valence-corrected chi connectivity index (χ4v) is 4.48. The van der Waals surface area contributed by atoms with Gasteiger partial charge < -0.3 is 10.1 Å². The minimum absolute atomic E-state index is 0.0397. The summed E-state index contributed by atoms with van der Waals surface area (Å²) in [5.41, 5.74) is 1.86. The van der Waals surface area contributed by atoms with Crippen LogP contribution in [0.15, 0.2) is 70.6 Å². The third-order valence-electron chi connectivity index (χ3n) is 5.82. The van der Waals surface area contributed by atoms with Gasteiger partial charge in [-0.25, -0.2) is 4.98 Å². The van der Waals surface area contributed by atoms with Gasteiger partial charge in [0.25, 0.3) is 11.5 Å². The van der Waals surface area contributed by atoms with Crippen LogP contribution < -0.4 is 15.6 Å². The lowest BCUT2D eigenvalue weighted by Crippen LogP contribution is -2.38. The van der Waals surface area contributed by atoms with Crippen LogP contribution in [0, 0.1) is 0 Å². The second-order valence-electron chi connectivity index (χ2n) is 7.96. The molecule has 0 aliphatic heterocycles. The first-order valence-corrected chi connectivity index (χ1v) is 12.1. The highest BCUT2D eigenvalue weighted by molar-refractivity contribution is 7.98. The van der Waals surface area contributed by atoms with E-state index in [1.54, 1.807) is 6.26 Å². The van der Waals surface area contributed by atoms with E-state index in [9.17, 15) is 9.59 Å². The molecule has 0 radical (unpaired) electrons. The summed E-state index contributed by atoms with van der Waals surface area (Å²) in [6.07, 6.45) is 5.62. The number of carbonyl (C=O) groups is 1. The molecule has 1 fully saturated rings. The quantitative estimate of drug-likeness (QED) is 0.409. The molecule has 3 aromatic rings. The van der Waals surface area contributed by atoms with Crippen molar-refractivity contribution in [1.29, 1.82) is 0 Å². The third-order valence-corrected chi connectivity index (χ3v) is 6.40. The highest BCUT2D eigenvalue weighted by Gasteiger charge is 2.26. The number of rotatable bonds is 7. The second kappa shape index (κ2) is 10.5.